The zero-order valence-corrected chi connectivity index (χ0v) is 7.42. The number of allylic oxidation sites excluding steroid dienone is 1. The van der Waals surface area contributed by atoms with Crippen LogP contribution in [0.3, 0.4) is 0 Å². The fraction of sp³-hybridized carbons (Fsp3) is 0.667. The third-order valence-corrected chi connectivity index (χ3v) is 2.08. The molecule has 68 valence electrons. The van der Waals surface area contributed by atoms with Crippen molar-refractivity contribution in [1.82, 2.24) is 5.32 Å². The molecule has 0 radical (unpaired) electrons. The van der Waals surface area contributed by atoms with Crippen molar-refractivity contribution in [3.05, 3.63) is 12.2 Å². The standard InChI is InChI=1S/C9H16N2O/c1-2-11-9(12)7-4-3-5-8(10)6-7/h3,5,7-8H,2,4,6,10H2,1H3,(H,11,12)/t7-,8-/m1/s1. The van der Waals surface area contributed by atoms with Crippen LogP contribution in [0.2, 0.25) is 0 Å². The summed E-state index contributed by atoms with van der Waals surface area (Å²) in [6.07, 6.45) is 5.58. The number of nitrogens with two attached hydrogens (primary N) is 1. The molecule has 1 rings (SSSR count). The molecule has 0 spiro atoms. The summed E-state index contributed by atoms with van der Waals surface area (Å²) in [6, 6.07) is 0.0614. The molecule has 0 aromatic carbocycles. The van der Waals surface area contributed by atoms with Gasteiger partial charge in [-0.3, -0.25) is 4.79 Å². The van der Waals surface area contributed by atoms with Crippen molar-refractivity contribution < 1.29 is 4.79 Å². The predicted molar refractivity (Wildman–Crippen MR) is 48.5 cm³/mol. The molecule has 1 aliphatic carbocycles. The van der Waals surface area contributed by atoms with Crippen LogP contribution >= 0.6 is 0 Å². The molecule has 0 saturated heterocycles. The van der Waals surface area contributed by atoms with Crippen molar-refractivity contribution in [2.45, 2.75) is 25.8 Å². The van der Waals surface area contributed by atoms with Crippen molar-refractivity contribution in [2.75, 3.05) is 6.54 Å². The van der Waals surface area contributed by atoms with Crippen LogP contribution < -0.4 is 11.1 Å². The summed E-state index contributed by atoms with van der Waals surface area (Å²) in [6.45, 7) is 2.63. The van der Waals surface area contributed by atoms with Crippen LogP contribution in [0.5, 0.6) is 0 Å². The molecule has 0 aromatic rings. The summed E-state index contributed by atoms with van der Waals surface area (Å²) in [5, 5.41) is 2.81. The van der Waals surface area contributed by atoms with E-state index in [1.807, 2.05) is 19.1 Å². The van der Waals surface area contributed by atoms with Gasteiger partial charge < -0.3 is 11.1 Å². The summed E-state index contributed by atoms with van der Waals surface area (Å²) in [5.41, 5.74) is 5.69. The van der Waals surface area contributed by atoms with Gasteiger partial charge in [-0.2, -0.15) is 0 Å². The summed E-state index contributed by atoms with van der Waals surface area (Å²) < 4.78 is 0. The minimum atomic E-state index is 0.0614. The van der Waals surface area contributed by atoms with Gasteiger partial charge in [0.05, 0.1) is 0 Å². The maximum absolute atomic E-state index is 11.3. The molecule has 2 atom stereocenters. The van der Waals surface area contributed by atoms with Gasteiger partial charge in [-0.15, -0.1) is 0 Å². The molecule has 0 fully saturated rings. The lowest BCUT2D eigenvalue weighted by atomic mass is 9.91. The molecule has 0 aromatic heterocycles. The average Bonchev–Trinajstić information content (AvgIpc) is 2.05. The predicted octanol–water partition coefficient (Wildman–Crippen LogP) is 0.416. The molecule has 12 heavy (non-hydrogen) atoms. The second-order valence-electron chi connectivity index (χ2n) is 3.15. The minimum absolute atomic E-state index is 0.0614. The Hall–Kier alpha value is -0.830. The topological polar surface area (TPSA) is 55.1 Å². The molecule has 3 nitrogen and oxygen atoms in total. The number of carbonyl (C=O) groups excluding carboxylic acids is 1. The molecule has 3 N–H and O–H groups in total. The zero-order valence-electron chi connectivity index (χ0n) is 7.42. The Labute approximate surface area is 73.0 Å². The number of hydrogen-bond acceptors (Lipinski definition) is 2. The third kappa shape index (κ3) is 2.34. The highest BCUT2D eigenvalue weighted by Crippen LogP contribution is 2.17. The Morgan fingerprint density at radius 1 is 1.75 bits per heavy atom. The fourth-order valence-corrected chi connectivity index (χ4v) is 1.45. The first-order valence-corrected chi connectivity index (χ1v) is 4.44. The molecule has 0 unspecified atom stereocenters. The van der Waals surface area contributed by atoms with Gasteiger partial charge in [-0.25, -0.2) is 0 Å². The van der Waals surface area contributed by atoms with Crippen molar-refractivity contribution >= 4 is 5.91 Å². The Morgan fingerprint density at radius 3 is 3.08 bits per heavy atom. The van der Waals surface area contributed by atoms with Crippen LogP contribution in [-0.2, 0) is 4.79 Å². The van der Waals surface area contributed by atoms with Crippen molar-refractivity contribution in [1.29, 1.82) is 0 Å². The van der Waals surface area contributed by atoms with Crippen LogP contribution in [0.1, 0.15) is 19.8 Å². The van der Waals surface area contributed by atoms with Gasteiger partial charge in [0.15, 0.2) is 0 Å². The van der Waals surface area contributed by atoms with Gasteiger partial charge in [0.2, 0.25) is 5.91 Å². The van der Waals surface area contributed by atoms with E-state index in [4.69, 9.17) is 5.73 Å². The first kappa shape index (κ1) is 9.26. The van der Waals surface area contributed by atoms with E-state index in [0.29, 0.717) is 6.54 Å². The second-order valence-corrected chi connectivity index (χ2v) is 3.15. The molecule has 0 bridgehead atoms. The number of nitrogens with one attached hydrogen (secondary N) is 1. The minimum Gasteiger partial charge on any atom is -0.356 e. The van der Waals surface area contributed by atoms with E-state index in [9.17, 15) is 4.79 Å². The van der Waals surface area contributed by atoms with Gasteiger partial charge in [-0.1, -0.05) is 12.2 Å². The fourth-order valence-electron chi connectivity index (χ4n) is 1.45. The second kappa shape index (κ2) is 4.26. The third-order valence-electron chi connectivity index (χ3n) is 2.08. The highest BCUT2D eigenvalue weighted by atomic mass is 16.1. The lowest BCUT2D eigenvalue weighted by molar-refractivity contribution is -0.125. The van der Waals surface area contributed by atoms with E-state index >= 15 is 0 Å². The van der Waals surface area contributed by atoms with Gasteiger partial charge >= 0.3 is 0 Å². The first-order valence-electron chi connectivity index (χ1n) is 4.44. The number of amides is 1. The highest BCUT2D eigenvalue weighted by Gasteiger charge is 2.21. The van der Waals surface area contributed by atoms with E-state index in [1.165, 1.54) is 0 Å². The van der Waals surface area contributed by atoms with Crippen LogP contribution in [0, 0.1) is 5.92 Å². The smallest absolute Gasteiger partial charge is 0.223 e. The first-order chi connectivity index (χ1) is 5.74. The maximum Gasteiger partial charge on any atom is 0.223 e. The summed E-state index contributed by atoms with van der Waals surface area (Å²) >= 11 is 0. The van der Waals surface area contributed by atoms with E-state index in [1.54, 1.807) is 0 Å². The Kier molecular flexibility index (Phi) is 3.29. The molecule has 0 aliphatic heterocycles. The van der Waals surface area contributed by atoms with Gasteiger partial charge in [-0.05, 0) is 19.8 Å². The van der Waals surface area contributed by atoms with E-state index in [-0.39, 0.29) is 17.9 Å². The quantitative estimate of drug-likeness (QED) is 0.587. The number of rotatable bonds is 2. The molecule has 1 amide bonds. The molecular weight excluding hydrogens is 152 g/mol. The maximum atomic E-state index is 11.3. The van der Waals surface area contributed by atoms with E-state index in [0.717, 1.165) is 12.8 Å². The Bertz CT molecular complexity index is 189. The normalized spacial score (nSPS) is 28.5. The molecular formula is C9H16N2O. The summed E-state index contributed by atoms with van der Waals surface area (Å²) in [7, 11) is 0. The molecule has 0 saturated carbocycles. The van der Waals surface area contributed by atoms with Gasteiger partial charge in [0.1, 0.15) is 0 Å². The molecule has 1 aliphatic rings. The number of carbonyl (C=O) groups is 1. The van der Waals surface area contributed by atoms with Crippen molar-refractivity contribution in [3.8, 4) is 0 Å². The van der Waals surface area contributed by atoms with E-state index in [2.05, 4.69) is 5.32 Å². The average molecular weight is 168 g/mol. The summed E-state index contributed by atoms with van der Waals surface area (Å²) in [5.74, 6) is 0.224. The van der Waals surface area contributed by atoms with Crippen LogP contribution in [-0.4, -0.2) is 18.5 Å². The summed E-state index contributed by atoms with van der Waals surface area (Å²) in [4.78, 5) is 11.3. The lowest BCUT2D eigenvalue weighted by Gasteiger charge is -2.20. The van der Waals surface area contributed by atoms with Crippen LogP contribution in [0.15, 0.2) is 12.2 Å². The number of hydrogen-bond donors (Lipinski definition) is 2. The Balaban J connectivity index is 2.43. The highest BCUT2D eigenvalue weighted by molar-refractivity contribution is 5.79. The SMILES string of the molecule is CCNC(=O)[C@@H]1CC=C[C@@H](N)C1. The monoisotopic (exact) mass is 168 g/mol. The molecule has 3 heteroatoms. The van der Waals surface area contributed by atoms with Crippen LogP contribution in [0.4, 0.5) is 0 Å². The van der Waals surface area contributed by atoms with Gasteiger partial charge in [0, 0.05) is 18.5 Å². The Morgan fingerprint density at radius 2 is 2.50 bits per heavy atom. The largest absolute Gasteiger partial charge is 0.356 e. The van der Waals surface area contributed by atoms with Crippen molar-refractivity contribution in [3.63, 3.8) is 0 Å². The van der Waals surface area contributed by atoms with Gasteiger partial charge in [0.25, 0.3) is 0 Å². The zero-order chi connectivity index (χ0) is 8.97. The van der Waals surface area contributed by atoms with Crippen LogP contribution in [0.25, 0.3) is 0 Å². The van der Waals surface area contributed by atoms with Crippen molar-refractivity contribution in [2.24, 2.45) is 11.7 Å². The molecule has 0 heterocycles. The lowest BCUT2D eigenvalue weighted by Crippen LogP contribution is -2.35. The van der Waals surface area contributed by atoms with E-state index < -0.39 is 0 Å².